The molecule has 0 aliphatic rings. The van der Waals surface area contributed by atoms with Gasteiger partial charge in [-0.25, -0.2) is 9.97 Å². The van der Waals surface area contributed by atoms with E-state index in [0.29, 0.717) is 5.82 Å². The Morgan fingerprint density at radius 3 is 1.64 bits per heavy atom. The van der Waals surface area contributed by atoms with Crippen LogP contribution in [0.5, 0.6) is 0 Å². The minimum Gasteiger partial charge on any atom is -0.309 e. The van der Waals surface area contributed by atoms with Crippen molar-refractivity contribution in [3.05, 3.63) is 212 Å². The highest BCUT2D eigenvalue weighted by atomic mass is 15.0. The van der Waals surface area contributed by atoms with Gasteiger partial charge in [-0.1, -0.05) is 164 Å². The Bertz CT molecular complexity index is 3600. The van der Waals surface area contributed by atoms with Gasteiger partial charge in [0, 0.05) is 32.7 Å². The van der Waals surface area contributed by atoms with Crippen LogP contribution in [0, 0.1) is 0 Å². The van der Waals surface area contributed by atoms with E-state index in [9.17, 15) is 0 Å². The third-order valence-electron chi connectivity index (χ3n) is 12.0. The highest BCUT2D eigenvalue weighted by Crippen LogP contribution is 2.42. The van der Waals surface area contributed by atoms with Crippen LogP contribution in [-0.4, -0.2) is 14.5 Å². The van der Waals surface area contributed by atoms with E-state index in [1.54, 1.807) is 0 Å². The molecule has 10 aromatic carbocycles. The molecule has 2 heterocycles. The average molecular weight is 750 g/mol. The molecule has 12 rings (SSSR count). The van der Waals surface area contributed by atoms with Crippen LogP contribution in [0.3, 0.4) is 0 Å². The second-order valence-electron chi connectivity index (χ2n) is 15.4. The molecule has 0 fully saturated rings. The topological polar surface area (TPSA) is 30.7 Å². The average Bonchev–Trinajstić information content (AvgIpc) is 3.62. The summed E-state index contributed by atoms with van der Waals surface area (Å²) in [6.07, 6.45) is 0. The Kier molecular flexibility index (Phi) is 7.54. The zero-order valence-electron chi connectivity index (χ0n) is 32.0. The molecule has 59 heavy (non-hydrogen) atoms. The molecule has 0 bridgehead atoms. The van der Waals surface area contributed by atoms with Gasteiger partial charge in [0.05, 0.1) is 27.9 Å². The van der Waals surface area contributed by atoms with E-state index in [-0.39, 0.29) is 0 Å². The summed E-state index contributed by atoms with van der Waals surface area (Å²) in [6.45, 7) is 0. The molecule has 3 nitrogen and oxygen atoms in total. The molecule has 0 atom stereocenters. The van der Waals surface area contributed by atoms with Gasteiger partial charge in [0.25, 0.3) is 0 Å². The Hall–Kier alpha value is -7.88. The fraction of sp³-hybridized carbons (Fsp3) is 0. The molecule has 0 aliphatic heterocycles. The fourth-order valence-corrected chi connectivity index (χ4v) is 9.15. The lowest BCUT2D eigenvalue weighted by molar-refractivity contribution is 1.19. The number of fused-ring (bicyclic) bond motifs is 7. The van der Waals surface area contributed by atoms with E-state index in [2.05, 4.69) is 217 Å². The van der Waals surface area contributed by atoms with Crippen molar-refractivity contribution in [3.8, 4) is 50.6 Å². The van der Waals surface area contributed by atoms with Crippen LogP contribution in [0.15, 0.2) is 212 Å². The Morgan fingerprint density at radius 2 is 0.898 bits per heavy atom. The fourth-order valence-electron chi connectivity index (χ4n) is 9.15. The second-order valence-corrected chi connectivity index (χ2v) is 15.4. The highest BCUT2D eigenvalue weighted by Gasteiger charge is 2.21. The van der Waals surface area contributed by atoms with Gasteiger partial charge in [0.2, 0.25) is 0 Å². The van der Waals surface area contributed by atoms with E-state index in [4.69, 9.17) is 9.97 Å². The molecule has 0 saturated carbocycles. The normalized spacial score (nSPS) is 11.7. The van der Waals surface area contributed by atoms with Crippen LogP contribution in [0.1, 0.15) is 0 Å². The summed E-state index contributed by atoms with van der Waals surface area (Å²) >= 11 is 0. The van der Waals surface area contributed by atoms with Crippen molar-refractivity contribution in [1.82, 2.24) is 14.5 Å². The summed E-state index contributed by atoms with van der Waals surface area (Å²) in [6, 6.07) is 76.3. The molecule has 0 saturated heterocycles. The van der Waals surface area contributed by atoms with Gasteiger partial charge in [-0.2, -0.15) is 0 Å². The number of benzene rings is 10. The third kappa shape index (κ3) is 5.44. The molecule has 0 aliphatic carbocycles. The monoisotopic (exact) mass is 749 g/mol. The van der Waals surface area contributed by atoms with Crippen molar-refractivity contribution in [3.63, 3.8) is 0 Å². The number of rotatable bonds is 5. The van der Waals surface area contributed by atoms with E-state index in [1.807, 2.05) is 0 Å². The molecule has 0 N–H and O–H groups in total. The van der Waals surface area contributed by atoms with E-state index in [0.717, 1.165) is 66.4 Å². The first-order valence-corrected chi connectivity index (χ1v) is 20.2. The molecule has 0 unspecified atom stereocenters. The predicted molar refractivity (Wildman–Crippen MR) is 248 cm³/mol. The van der Waals surface area contributed by atoms with E-state index < -0.39 is 0 Å². The molecule has 274 valence electrons. The van der Waals surface area contributed by atoms with Crippen molar-refractivity contribution < 1.29 is 0 Å². The Labute approximate surface area is 341 Å². The van der Waals surface area contributed by atoms with Crippen molar-refractivity contribution in [2.45, 2.75) is 0 Å². The van der Waals surface area contributed by atoms with Gasteiger partial charge in [-0.15, -0.1) is 0 Å². The zero-order chi connectivity index (χ0) is 38.9. The van der Waals surface area contributed by atoms with Gasteiger partial charge in [-0.05, 0) is 97.7 Å². The summed E-state index contributed by atoms with van der Waals surface area (Å²) in [5, 5.41) is 10.6. The van der Waals surface area contributed by atoms with Crippen LogP contribution >= 0.6 is 0 Å². The maximum absolute atomic E-state index is 5.54. The van der Waals surface area contributed by atoms with Gasteiger partial charge in [0.1, 0.15) is 0 Å². The summed E-state index contributed by atoms with van der Waals surface area (Å²) in [5.74, 6) is 0.697. The molecule has 12 aromatic rings. The number of hydrogen-bond donors (Lipinski definition) is 0. The minimum atomic E-state index is 0.697. The number of hydrogen-bond acceptors (Lipinski definition) is 2. The van der Waals surface area contributed by atoms with Crippen LogP contribution < -0.4 is 0 Å². The molecule has 0 amide bonds. The molecule has 0 radical (unpaired) electrons. The minimum absolute atomic E-state index is 0.697. The second kappa shape index (κ2) is 13.4. The first-order valence-electron chi connectivity index (χ1n) is 20.2. The molecule has 3 heteroatoms. The maximum atomic E-state index is 5.54. The van der Waals surface area contributed by atoms with Crippen molar-refractivity contribution in [2.75, 3.05) is 0 Å². The van der Waals surface area contributed by atoms with Crippen LogP contribution in [-0.2, 0) is 0 Å². The van der Waals surface area contributed by atoms with E-state index >= 15 is 0 Å². The molecular weight excluding hydrogens is 715 g/mol. The first-order chi connectivity index (χ1) is 29.2. The quantitative estimate of drug-likeness (QED) is 0.175. The molecule has 0 spiro atoms. The van der Waals surface area contributed by atoms with Crippen LogP contribution in [0.25, 0.3) is 116 Å². The van der Waals surface area contributed by atoms with Gasteiger partial charge in [0.15, 0.2) is 5.82 Å². The maximum Gasteiger partial charge on any atom is 0.161 e. The van der Waals surface area contributed by atoms with Crippen molar-refractivity contribution >= 4 is 65.0 Å². The third-order valence-corrected chi connectivity index (χ3v) is 12.0. The van der Waals surface area contributed by atoms with Crippen molar-refractivity contribution in [2.24, 2.45) is 0 Å². The molecular formula is C56H35N3. The lowest BCUT2D eigenvalue weighted by Gasteiger charge is -2.17. The lowest BCUT2D eigenvalue weighted by Crippen LogP contribution is -2.00. The van der Waals surface area contributed by atoms with Gasteiger partial charge >= 0.3 is 0 Å². The van der Waals surface area contributed by atoms with Gasteiger partial charge in [-0.3, -0.25) is 0 Å². The van der Waals surface area contributed by atoms with Gasteiger partial charge < -0.3 is 4.57 Å². The smallest absolute Gasteiger partial charge is 0.161 e. The number of aromatic nitrogens is 3. The standard InChI is InChI=1S/C56H35N3/c1-3-16-37(17-4-1)47-34-50-51(35-48(47)38-18-5-2-6-19-38)57-56(58-55(50)42-28-27-36-15-7-8-20-39(36)31-42)46-29-30-53(44-24-12-11-23-43(44)46)59-52-26-14-13-25-45(52)49-32-40-21-9-10-22-41(40)33-54(49)59/h1-35H. The van der Waals surface area contributed by atoms with Crippen molar-refractivity contribution in [1.29, 1.82) is 0 Å². The van der Waals surface area contributed by atoms with Crippen LogP contribution in [0.2, 0.25) is 0 Å². The number of para-hydroxylation sites is 1. The SMILES string of the molecule is c1ccc(-c2cc3nc(-c4ccc(-n5c6ccccc6c6cc7ccccc7cc65)c5ccccc45)nc(-c4ccc5ccccc5c4)c3cc2-c2ccccc2)cc1. The summed E-state index contributed by atoms with van der Waals surface area (Å²) in [4.78, 5) is 11.0. The largest absolute Gasteiger partial charge is 0.309 e. The Balaban J connectivity index is 1.14. The predicted octanol–water partition coefficient (Wildman–Crippen LogP) is 14.9. The summed E-state index contributed by atoms with van der Waals surface area (Å²) in [7, 11) is 0. The highest BCUT2D eigenvalue weighted by molar-refractivity contribution is 6.15. The number of nitrogens with zero attached hydrogens (tertiary/aromatic N) is 3. The first kappa shape index (κ1) is 33.3. The Morgan fingerprint density at radius 1 is 0.305 bits per heavy atom. The summed E-state index contributed by atoms with van der Waals surface area (Å²) < 4.78 is 2.43. The van der Waals surface area contributed by atoms with Crippen LogP contribution in [0.4, 0.5) is 0 Å². The summed E-state index contributed by atoms with van der Waals surface area (Å²) in [5.41, 5.74) is 11.9. The molecule has 2 aromatic heterocycles. The zero-order valence-corrected chi connectivity index (χ0v) is 32.0. The van der Waals surface area contributed by atoms with E-state index in [1.165, 1.54) is 43.4 Å². The lowest BCUT2D eigenvalue weighted by atomic mass is 9.91.